The predicted octanol–water partition coefficient (Wildman–Crippen LogP) is 2.03. The third-order valence-corrected chi connectivity index (χ3v) is 3.30. The average Bonchev–Trinajstić information content (AvgIpc) is 2.49. The van der Waals surface area contributed by atoms with E-state index < -0.39 is 0 Å². The third-order valence-electron chi connectivity index (χ3n) is 3.30. The van der Waals surface area contributed by atoms with Crippen LogP contribution >= 0.6 is 0 Å². The van der Waals surface area contributed by atoms with Crippen LogP contribution in [0.1, 0.15) is 13.8 Å². The van der Waals surface area contributed by atoms with Gasteiger partial charge in [0, 0.05) is 46.6 Å². The number of hydrogen-bond donors (Lipinski definition) is 0. The molecule has 5 heteroatoms. The zero-order valence-corrected chi connectivity index (χ0v) is 13.1. The smallest absolute Gasteiger partial charge is 0.152 e. The van der Waals surface area contributed by atoms with E-state index in [9.17, 15) is 0 Å². The van der Waals surface area contributed by atoms with E-state index in [1.807, 2.05) is 12.3 Å². The molecule has 0 radical (unpaired) electrons. The van der Waals surface area contributed by atoms with Crippen molar-refractivity contribution in [1.29, 1.82) is 0 Å². The van der Waals surface area contributed by atoms with Gasteiger partial charge in [0.2, 0.25) is 0 Å². The van der Waals surface area contributed by atoms with Crippen LogP contribution in [0.15, 0.2) is 18.3 Å². The van der Waals surface area contributed by atoms with Crippen molar-refractivity contribution in [2.45, 2.75) is 13.8 Å². The van der Waals surface area contributed by atoms with Gasteiger partial charge in [0.25, 0.3) is 0 Å². The Labute approximate surface area is 122 Å². The van der Waals surface area contributed by atoms with E-state index in [1.54, 1.807) is 14.2 Å². The third kappa shape index (κ3) is 4.65. The first-order valence-corrected chi connectivity index (χ1v) is 7.21. The van der Waals surface area contributed by atoms with Gasteiger partial charge in [-0.3, -0.25) is 0 Å². The lowest BCUT2D eigenvalue weighted by Gasteiger charge is -2.30. The normalized spacial score (nSPS) is 10.6. The second-order valence-corrected chi connectivity index (χ2v) is 4.49. The molecule has 0 aliphatic heterocycles. The van der Waals surface area contributed by atoms with Crippen molar-refractivity contribution in [2.24, 2.45) is 0 Å². The second-order valence-electron chi connectivity index (χ2n) is 4.49. The van der Waals surface area contributed by atoms with Gasteiger partial charge >= 0.3 is 0 Å². The quantitative estimate of drug-likeness (QED) is 0.656. The lowest BCUT2D eigenvalue weighted by molar-refractivity contribution is 0.190. The number of methoxy groups -OCH3 is 2. The lowest BCUT2D eigenvalue weighted by atomic mass is 10.3. The molecule has 114 valence electrons. The summed E-state index contributed by atoms with van der Waals surface area (Å²) >= 11 is 0. The summed E-state index contributed by atoms with van der Waals surface area (Å²) in [4.78, 5) is 9.11. The zero-order valence-electron chi connectivity index (χ0n) is 13.1. The van der Waals surface area contributed by atoms with E-state index in [4.69, 9.17) is 9.47 Å². The fourth-order valence-electron chi connectivity index (χ4n) is 2.17. The molecule has 0 saturated carbocycles. The monoisotopic (exact) mass is 281 g/mol. The molecule has 0 amide bonds. The maximum atomic E-state index is 5.20. The molecule has 1 aromatic heterocycles. The Morgan fingerprint density at radius 3 is 2.10 bits per heavy atom. The summed E-state index contributed by atoms with van der Waals surface area (Å²) in [5.41, 5.74) is 1.17. The number of rotatable bonds is 10. The van der Waals surface area contributed by atoms with Crippen LogP contribution in [-0.4, -0.2) is 58.6 Å². The Bertz CT molecular complexity index is 362. The van der Waals surface area contributed by atoms with Crippen molar-refractivity contribution in [2.75, 3.05) is 63.4 Å². The number of anilines is 2. The molecule has 0 N–H and O–H groups in total. The number of hydrogen-bond acceptors (Lipinski definition) is 5. The molecule has 5 nitrogen and oxygen atoms in total. The van der Waals surface area contributed by atoms with E-state index in [1.165, 1.54) is 5.69 Å². The summed E-state index contributed by atoms with van der Waals surface area (Å²) < 4.78 is 10.4. The number of nitrogens with zero attached hydrogens (tertiary/aromatic N) is 3. The van der Waals surface area contributed by atoms with E-state index in [2.05, 4.69) is 34.7 Å². The van der Waals surface area contributed by atoms with E-state index in [0.29, 0.717) is 13.2 Å². The largest absolute Gasteiger partial charge is 0.383 e. The molecule has 0 bridgehead atoms. The van der Waals surface area contributed by atoms with Crippen LogP contribution in [0, 0.1) is 0 Å². The van der Waals surface area contributed by atoms with Crippen molar-refractivity contribution in [3.8, 4) is 0 Å². The average molecular weight is 281 g/mol. The molecule has 0 saturated heterocycles. The predicted molar refractivity (Wildman–Crippen MR) is 83.8 cm³/mol. The van der Waals surface area contributed by atoms with Gasteiger partial charge in [-0.15, -0.1) is 0 Å². The van der Waals surface area contributed by atoms with Crippen LogP contribution in [0.3, 0.4) is 0 Å². The highest BCUT2D eigenvalue weighted by Crippen LogP contribution is 2.26. The minimum Gasteiger partial charge on any atom is -0.383 e. The molecular formula is C15H27N3O2. The Kier molecular flexibility index (Phi) is 7.99. The highest BCUT2D eigenvalue weighted by atomic mass is 16.5. The van der Waals surface area contributed by atoms with Gasteiger partial charge in [-0.05, 0) is 26.0 Å². The molecule has 1 rings (SSSR count). The SMILES string of the molecule is CCN(CC)c1cccnc1N(CCOC)CCOC. The van der Waals surface area contributed by atoms with E-state index >= 15 is 0 Å². The summed E-state index contributed by atoms with van der Waals surface area (Å²) in [5, 5.41) is 0. The summed E-state index contributed by atoms with van der Waals surface area (Å²) in [5.74, 6) is 1.00. The highest BCUT2D eigenvalue weighted by molar-refractivity contribution is 5.67. The minimum absolute atomic E-state index is 0.679. The summed E-state index contributed by atoms with van der Waals surface area (Å²) in [7, 11) is 3.44. The first-order valence-electron chi connectivity index (χ1n) is 7.21. The van der Waals surface area contributed by atoms with Crippen molar-refractivity contribution < 1.29 is 9.47 Å². The van der Waals surface area contributed by atoms with Crippen LogP contribution in [0.5, 0.6) is 0 Å². The first-order chi connectivity index (χ1) is 9.78. The van der Waals surface area contributed by atoms with Crippen LogP contribution in [-0.2, 0) is 9.47 Å². The van der Waals surface area contributed by atoms with Crippen LogP contribution in [0.2, 0.25) is 0 Å². The van der Waals surface area contributed by atoms with Gasteiger partial charge in [0.1, 0.15) is 0 Å². The van der Waals surface area contributed by atoms with Crippen LogP contribution in [0.25, 0.3) is 0 Å². The number of pyridine rings is 1. The highest BCUT2D eigenvalue weighted by Gasteiger charge is 2.15. The van der Waals surface area contributed by atoms with Crippen LogP contribution < -0.4 is 9.80 Å². The lowest BCUT2D eigenvalue weighted by Crippen LogP contribution is -2.34. The summed E-state index contributed by atoms with van der Waals surface area (Å²) in [6.45, 7) is 9.24. The van der Waals surface area contributed by atoms with Gasteiger partial charge in [-0.2, -0.15) is 0 Å². The number of ether oxygens (including phenoxy) is 2. The molecular weight excluding hydrogens is 254 g/mol. The van der Waals surface area contributed by atoms with Crippen molar-refractivity contribution in [3.05, 3.63) is 18.3 Å². The molecule has 0 fully saturated rings. The topological polar surface area (TPSA) is 37.8 Å². The molecule has 20 heavy (non-hydrogen) atoms. The molecule has 0 aliphatic rings. The minimum atomic E-state index is 0.679. The molecule has 0 aromatic carbocycles. The van der Waals surface area contributed by atoms with Crippen molar-refractivity contribution in [3.63, 3.8) is 0 Å². The maximum Gasteiger partial charge on any atom is 0.152 e. The Morgan fingerprint density at radius 1 is 1.00 bits per heavy atom. The Morgan fingerprint density at radius 2 is 1.60 bits per heavy atom. The van der Waals surface area contributed by atoms with Crippen LogP contribution in [0.4, 0.5) is 11.5 Å². The number of aromatic nitrogens is 1. The van der Waals surface area contributed by atoms with E-state index in [-0.39, 0.29) is 0 Å². The Hall–Kier alpha value is -1.33. The molecule has 0 unspecified atom stereocenters. The van der Waals surface area contributed by atoms with Gasteiger partial charge < -0.3 is 19.3 Å². The first kappa shape index (κ1) is 16.7. The van der Waals surface area contributed by atoms with Crippen molar-refractivity contribution in [1.82, 2.24) is 4.98 Å². The summed E-state index contributed by atoms with van der Waals surface area (Å²) in [6, 6.07) is 4.11. The molecule has 0 aliphatic carbocycles. The van der Waals surface area contributed by atoms with Gasteiger partial charge in [0.15, 0.2) is 5.82 Å². The van der Waals surface area contributed by atoms with Crippen molar-refractivity contribution >= 4 is 11.5 Å². The van der Waals surface area contributed by atoms with E-state index in [0.717, 1.165) is 32.0 Å². The van der Waals surface area contributed by atoms with Gasteiger partial charge in [0.05, 0.1) is 18.9 Å². The fraction of sp³-hybridized carbons (Fsp3) is 0.667. The summed E-state index contributed by atoms with van der Waals surface area (Å²) in [6.07, 6.45) is 1.84. The zero-order chi connectivity index (χ0) is 14.8. The van der Waals surface area contributed by atoms with Gasteiger partial charge in [-0.1, -0.05) is 0 Å². The second kappa shape index (κ2) is 9.55. The Balaban J connectivity index is 2.98. The van der Waals surface area contributed by atoms with Gasteiger partial charge in [-0.25, -0.2) is 4.98 Å². The fourth-order valence-corrected chi connectivity index (χ4v) is 2.17. The molecule has 1 aromatic rings. The molecule has 0 spiro atoms. The standard InChI is InChI=1S/C15H27N3O2/c1-5-17(6-2)14-8-7-9-16-15(14)18(10-12-19-3)11-13-20-4/h7-9H,5-6,10-13H2,1-4H3. The maximum absolute atomic E-state index is 5.20. The molecule has 0 atom stereocenters. The molecule has 1 heterocycles.